The molecular formula is C17H20N6O. The van der Waals surface area contributed by atoms with Gasteiger partial charge in [0.1, 0.15) is 0 Å². The fourth-order valence-corrected chi connectivity index (χ4v) is 2.93. The van der Waals surface area contributed by atoms with E-state index in [-0.39, 0.29) is 0 Å². The molecule has 7 nitrogen and oxygen atoms in total. The molecule has 1 saturated heterocycles. The van der Waals surface area contributed by atoms with Crippen LogP contribution in [0.3, 0.4) is 0 Å². The molecule has 0 atom stereocenters. The number of fused-ring (bicyclic) bond motifs is 1. The lowest BCUT2D eigenvalue weighted by molar-refractivity contribution is 0.413. The molecule has 0 amide bonds. The number of rotatable bonds is 4. The van der Waals surface area contributed by atoms with Gasteiger partial charge in [-0.1, -0.05) is 6.07 Å². The summed E-state index contributed by atoms with van der Waals surface area (Å²) in [7, 11) is 1.63. The van der Waals surface area contributed by atoms with Crippen molar-refractivity contribution < 1.29 is 4.74 Å². The Kier molecular flexibility index (Phi) is 4.00. The number of hydrogen-bond donors (Lipinski definition) is 2. The minimum absolute atomic E-state index is 0.628. The molecule has 24 heavy (non-hydrogen) atoms. The number of anilines is 3. The number of benzene rings is 1. The summed E-state index contributed by atoms with van der Waals surface area (Å²) in [5.41, 5.74) is 3.36. The summed E-state index contributed by atoms with van der Waals surface area (Å²) in [5, 5.41) is 6.69. The van der Waals surface area contributed by atoms with E-state index in [1.54, 1.807) is 13.3 Å². The van der Waals surface area contributed by atoms with E-state index in [2.05, 4.69) is 42.6 Å². The van der Waals surface area contributed by atoms with Crippen molar-refractivity contribution in [3.63, 3.8) is 0 Å². The molecule has 0 spiro atoms. The second-order valence-corrected chi connectivity index (χ2v) is 5.83. The molecule has 1 aromatic carbocycles. The summed E-state index contributed by atoms with van der Waals surface area (Å²) in [6.45, 7) is 4.46. The lowest BCUT2D eigenvalue weighted by atomic mass is 10.1. The molecule has 0 unspecified atom stereocenters. The normalized spacial score (nSPS) is 16.1. The quantitative estimate of drug-likeness (QED) is 0.889. The highest BCUT2D eigenvalue weighted by atomic mass is 16.5. The lowest BCUT2D eigenvalue weighted by Crippen LogP contribution is -2.44. The van der Waals surface area contributed by atoms with Crippen LogP contribution in [0.1, 0.15) is 11.1 Å². The first-order chi connectivity index (χ1) is 11.8. The van der Waals surface area contributed by atoms with Gasteiger partial charge in [-0.15, -0.1) is 0 Å². The molecule has 124 valence electrons. The number of hydrogen-bond acceptors (Lipinski definition) is 7. The largest absolute Gasteiger partial charge is 0.491 e. The predicted molar refractivity (Wildman–Crippen MR) is 94.7 cm³/mol. The van der Waals surface area contributed by atoms with Crippen molar-refractivity contribution in [2.24, 2.45) is 4.99 Å². The van der Waals surface area contributed by atoms with Crippen LogP contribution in [-0.4, -0.2) is 49.5 Å². The van der Waals surface area contributed by atoms with Gasteiger partial charge in [0.15, 0.2) is 11.6 Å². The van der Waals surface area contributed by atoms with Gasteiger partial charge >= 0.3 is 0 Å². The average Bonchev–Trinajstić information content (AvgIpc) is 3.10. The Morgan fingerprint density at radius 2 is 2.12 bits per heavy atom. The Bertz CT molecular complexity index is 770. The summed E-state index contributed by atoms with van der Waals surface area (Å²) >= 11 is 0. The van der Waals surface area contributed by atoms with Crippen LogP contribution in [0.2, 0.25) is 0 Å². The smallest absolute Gasteiger partial charge is 0.227 e. The molecule has 0 aliphatic carbocycles. The molecule has 0 bridgehead atoms. The van der Waals surface area contributed by atoms with Crippen LogP contribution < -0.4 is 20.3 Å². The van der Waals surface area contributed by atoms with Crippen molar-refractivity contribution in [3.05, 3.63) is 35.5 Å². The highest BCUT2D eigenvalue weighted by molar-refractivity contribution is 5.86. The Hall–Kier alpha value is -2.67. The average molecular weight is 324 g/mol. The van der Waals surface area contributed by atoms with Gasteiger partial charge in [0.2, 0.25) is 5.95 Å². The molecule has 3 heterocycles. The van der Waals surface area contributed by atoms with E-state index in [1.807, 2.05) is 12.3 Å². The zero-order valence-corrected chi connectivity index (χ0v) is 13.6. The fourth-order valence-electron chi connectivity index (χ4n) is 2.93. The Labute approximate surface area is 140 Å². The minimum Gasteiger partial charge on any atom is -0.491 e. The summed E-state index contributed by atoms with van der Waals surface area (Å²) in [6, 6.07) is 6.22. The summed E-state index contributed by atoms with van der Waals surface area (Å²) < 4.78 is 5.41. The van der Waals surface area contributed by atoms with Gasteiger partial charge in [-0.3, -0.25) is 4.99 Å². The van der Waals surface area contributed by atoms with Gasteiger partial charge in [0.05, 0.1) is 19.9 Å². The minimum atomic E-state index is 0.628. The lowest BCUT2D eigenvalue weighted by Gasteiger charge is -2.27. The topological polar surface area (TPSA) is 74.7 Å². The number of methoxy groups -OCH3 is 1. The van der Waals surface area contributed by atoms with E-state index in [0.717, 1.165) is 49.9 Å². The molecule has 0 saturated carbocycles. The Balaban J connectivity index is 1.61. The van der Waals surface area contributed by atoms with E-state index >= 15 is 0 Å². The van der Waals surface area contributed by atoms with Crippen LogP contribution in [-0.2, 0) is 6.54 Å². The highest BCUT2D eigenvalue weighted by Gasteiger charge is 2.16. The van der Waals surface area contributed by atoms with Gasteiger partial charge in [0, 0.05) is 38.1 Å². The molecule has 7 heteroatoms. The predicted octanol–water partition coefficient (Wildman–Crippen LogP) is 1.57. The maximum atomic E-state index is 5.41. The van der Waals surface area contributed by atoms with Crippen molar-refractivity contribution in [1.82, 2.24) is 15.3 Å². The number of aromatic nitrogens is 2. The zero-order valence-electron chi connectivity index (χ0n) is 13.6. The van der Waals surface area contributed by atoms with Crippen LogP contribution >= 0.6 is 0 Å². The van der Waals surface area contributed by atoms with Gasteiger partial charge in [-0.25, -0.2) is 4.98 Å². The molecule has 0 radical (unpaired) electrons. The number of ether oxygens (including phenoxy) is 1. The first-order valence-corrected chi connectivity index (χ1v) is 8.10. The molecule has 1 aromatic heterocycles. The third-order valence-electron chi connectivity index (χ3n) is 4.26. The van der Waals surface area contributed by atoms with Crippen molar-refractivity contribution in [2.45, 2.75) is 6.54 Å². The molecule has 2 aromatic rings. The van der Waals surface area contributed by atoms with E-state index in [9.17, 15) is 0 Å². The third-order valence-corrected chi connectivity index (χ3v) is 4.26. The number of nitrogens with one attached hydrogen (secondary N) is 2. The number of aliphatic imine (C=N–C) groups is 1. The van der Waals surface area contributed by atoms with Crippen molar-refractivity contribution >= 4 is 23.7 Å². The molecular weight excluding hydrogens is 304 g/mol. The summed E-state index contributed by atoms with van der Waals surface area (Å²) in [6.07, 6.45) is 3.63. The van der Waals surface area contributed by atoms with E-state index in [0.29, 0.717) is 11.6 Å². The first kappa shape index (κ1) is 14.9. The molecule has 2 N–H and O–H groups in total. The van der Waals surface area contributed by atoms with E-state index in [1.165, 1.54) is 5.56 Å². The van der Waals surface area contributed by atoms with Gasteiger partial charge in [0.25, 0.3) is 0 Å². The highest BCUT2D eigenvalue weighted by Crippen LogP contribution is 2.28. The van der Waals surface area contributed by atoms with Gasteiger partial charge in [-0.2, -0.15) is 4.98 Å². The van der Waals surface area contributed by atoms with Crippen LogP contribution in [0.15, 0.2) is 29.4 Å². The van der Waals surface area contributed by atoms with Crippen molar-refractivity contribution in [3.8, 4) is 5.75 Å². The Morgan fingerprint density at radius 3 is 2.96 bits per heavy atom. The van der Waals surface area contributed by atoms with Crippen LogP contribution in [0.5, 0.6) is 5.75 Å². The van der Waals surface area contributed by atoms with Crippen LogP contribution in [0, 0.1) is 0 Å². The van der Waals surface area contributed by atoms with E-state index < -0.39 is 0 Å². The molecule has 2 aliphatic rings. The maximum absolute atomic E-state index is 5.41. The number of piperazine rings is 1. The SMILES string of the molecule is COc1cnc(N2CCNCC2)nc1Nc1ccc2c(c1)C=NC2. The zero-order chi connectivity index (χ0) is 16.4. The standard InChI is InChI=1S/C17H20N6O/c1-24-15-11-20-17(23-6-4-18-5-7-23)22-16(15)21-14-3-2-12-9-19-10-13(12)8-14/h2-3,8,10-11,18H,4-7,9H2,1H3,(H,20,21,22). The van der Waals surface area contributed by atoms with Gasteiger partial charge < -0.3 is 20.3 Å². The number of nitrogens with zero attached hydrogens (tertiary/aromatic N) is 4. The maximum Gasteiger partial charge on any atom is 0.227 e. The summed E-state index contributed by atoms with van der Waals surface area (Å²) in [5.74, 6) is 2.03. The summed E-state index contributed by atoms with van der Waals surface area (Å²) in [4.78, 5) is 15.6. The monoisotopic (exact) mass is 324 g/mol. The second-order valence-electron chi connectivity index (χ2n) is 5.83. The van der Waals surface area contributed by atoms with Crippen molar-refractivity contribution in [2.75, 3.05) is 43.5 Å². The van der Waals surface area contributed by atoms with Crippen molar-refractivity contribution in [1.29, 1.82) is 0 Å². The molecule has 4 rings (SSSR count). The second kappa shape index (κ2) is 6.45. The Morgan fingerprint density at radius 1 is 1.25 bits per heavy atom. The van der Waals surface area contributed by atoms with Crippen LogP contribution in [0.25, 0.3) is 0 Å². The van der Waals surface area contributed by atoms with Gasteiger partial charge in [-0.05, 0) is 23.3 Å². The molecule has 2 aliphatic heterocycles. The third kappa shape index (κ3) is 2.90. The van der Waals surface area contributed by atoms with E-state index in [4.69, 9.17) is 4.74 Å². The first-order valence-electron chi connectivity index (χ1n) is 8.10. The molecule has 1 fully saturated rings. The fraction of sp³-hybridized carbons (Fsp3) is 0.353. The van der Waals surface area contributed by atoms with Crippen LogP contribution in [0.4, 0.5) is 17.5 Å².